The Morgan fingerprint density at radius 3 is 3.00 bits per heavy atom. The summed E-state index contributed by atoms with van der Waals surface area (Å²) < 4.78 is 0. The van der Waals surface area contributed by atoms with Crippen molar-refractivity contribution in [3.63, 3.8) is 0 Å². The highest BCUT2D eigenvalue weighted by molar-refractivity contribution is 7.99. The second-order valence-corrected chi connectivity index (χ2v) is 5.43. The first kappa shape index (κ1) is 14.8. The SMILES string of the molecule is CCSCCC(C)NC(=O)c1cc(NC)ccn1. The molecular formula is C13H21N3OS. The van der Waals surface area contributed by atoms with Gasteiger partial charge in [0.1, 0.15) is 5.69 Å². The molecule has 0 fully saturated rings. The van der Waals surface area contributed by atoms with Gasteiger partial charge in [-0.1, -0.05) is 6.92 Å². The standard InChI is InChI=1S/C13H21N3OS/c1-4-18-8-6-10(2)16-13(17)12-9-11(14-3)5-7-15-12/h5,7,9-10H,4,6,8H2,1-3H3,(H,14,15)(H,16,17). The molecule has 0 aromatic carbocycles. The van der Waals surface area contributed by atoms with Gasteiger partial charge in [-0.25, -0.2) is 0 Å². The number of anilines is 1. The zero-order chi connectivity index (χ0) is 13.4. The molecule has 1 atom stereocenters. The normalized spacial score (nSPS) is 11.9. The van der Waals surface area contributed by atoms with Gasteiger partial charge in [-0.15, -0.1) is 0 Å². The number of carbonyl (C=O) groups is 1. The third kappa shape index (κ3) is 4.96. The minimum Gasteiger partial charge on any atom is -0.388 e. The molecule has 0 aliphatic rings. The van der Waals surface area contributed by atoms with Gasteiger partial charge in [0.05, 0.1) is 0 Å². The Hall–Kier alpha value is -1.23. The molecule has 1 rings (SSSR count). The fourth-order valence-electron chi connectivity index (χ4n) is 1.48. The number of pyridine rings is 1. The van der Waals surface area contributed by atoms with Crippen molar-refractivity contribution in [2.45, 2.75) is 26.3 Å². The van der Waals surface area contributed by atoms with Crippen LogP contribution in [0.1, 0.15) is 30.8 Å². The Balaban J connectivity index is 2.48. The van der Waals surface area contributed by atoms with E-state index in [1.54, 1.807) is 12.3 Å². The van der Waals surface area contributed by atoms with Crippen molar-refractivity contribution in [2.24, 2.45) is 0 Å². The van der Waals surface area contributed by atoms with Crippen LogP contribution in [0, 0.1) is 0 Å². The fourth-order valence-corrected chi connectivity index (χ4v) is 2.29. The van der Waals surface area contributed by atoms with Gasteiger partial charge in [-0.05, 0) is 37.0 Å². The highest BCUT2D eigenvalue weighted by Gasteiger charge is 2.11. The Kier molecular flexibility index (Phi) is 6.57. The number of nitrogens with one attached hydrogen (secondary N) is 2. The quantitative estimate of drug-likeness (QED) is 0.745. The van der Waals surface area contributed by atoms with Gasteiger partial charge in [0.2, 0.25) is 0 Å². The maximum atomic E-state index is 11.9. The van der Waals surface area contributed by atoms with Gasteiger partial charge < -0.3 is 10.6 Å². The maximum Gasteiger partial charge on any atom is 0.270 e. The zero-order valence-electron chi connectivity index (χ0n) is 11.2. The number of carbonyl (C=O) groups excluding carboxylic acids is 1. The number of hydrogen-bond donors (Lipinski definition) is 2. The van der Waals surface area contributed by atoms with Gasteiger partial charge in [-0.3, -0.25) is 9.78 Å². The summed E-state index contributed by atoms with van der Waals surface area (Å²) in [7, 11) is 1.82. The van der Waals surface area contributed by atoms with Crippen LogP contribution in [0.3, 0.4) is 0 Å². The third-order valence-electron chi connectivity index (χ3n) is 2.56. The van der Waals surface area contributed by atoms with Crippen molar-refractivity contribution >= 4 is 23.4 Å². The second-order valence-electron chi connectivity index (χ2n) is 4.04. The van der Waals surface area contributed by atoms with Crippen molar-refractivity contribution in [1.82, 2.24) is 10.3 Å². The van der Waals surface area contributed by atoms with Crippen molar-refractivity contribution in [1.29, 1.82) is 0 Å². The number of thioether (sulfide) groups is 1. The lowest BCUT2D eigenvalue weighted by Crippen LogP contribution is -2.33. The van der Waals surface area contributed by atoms with Crippen LogP contribution >= 0.6 is 11.8 Å². The van der Waals surface area contributed by atoms with Crippen LogP contribution in [0.5, 0.6) is 0 Å². The summed E-state index contributed by atoms with van der Waals surface area (Å²) >= 11 is 1.89. The summed E-state index contributed by atoms with van der Waals surface area (Å²) in [6.45, 7) is 4.16. The number of aromatic nitrogens is 1. The largest absolute Gasteiger partial charge is 0.388 e. The van der Waals surface area contributed by atoms with Gasteiger partial charge in [0.15, 0.2) is 0 Å². The van der Waals surface area contributed by atoms with Crippen LogP contribution < -0.4 is 10.6 Å². The minimum absolute atomic E-state index is 0.110. The van der Waals surface area contributed by atoms with Crippen molar-refractivity contribution < 1.29 is 4.79 Å². The molecule has 100 valence electrons. The van der Waals surface area contributed by atoms with E-state index in [1.165, 1.54) is 0 Å². The topological polar surface area (TPSA) is 54.0 Å². The van der Waals surface area contributed by atoms with Crippen LogP contribution in [-0.2, 0) is 0 Å². The molecule has 0 spiro atoms. The summed E-state index contributed by atoms with van der Waals surface area (Å²) in [6.07, 6.45) is 2.62. The number of hydrogen-bond acceptors (Lipinski definition) is 4. The van der Waals surface area contributed by atoms with Crippen molar-refractivity contribution in [3.8, 4) is 0 Å². The summed E-state index contributed by atoms with van der Waals surface area (Å²) in [5.74, 6) is 2.08. The van der Waals surface area contributed by atoms with Crippen LogP contribution in [-0.4, -0.2) is 35.5 Å². The first-order valence-corrected chi connectivity index (χ1v) is 7.35. The van der Waals surface area contributed by atoms with E-state index in [0.29, 0.717) is 5.69 Å². The summed E-state index contributed by atoms with van der Waals surface area (Å²) in [4.78, 5) is 16.0. The molecule has 0 radical (unpaired) electrons. The fraction of sp³-hybridized carbons (Fsp3) is 0.538. The van der Waals surface area contributed by atoms with E-state index in [2.05, 4.69) is 22.5 Å². The molecule has 4 nitrogen and oxygen atoms in total. The van der Waals surface area contributed by atoms with E-state index in [9.17, 15) is 4.79 Å². The van der Waals surface area contributed by atoms with Crippen LogP contribution in [0.15, 0.2) is 18.3 Å². The molecule has 18 heavy (non-hydrogen) atoms. The van der Waals surface area contributed by atoms with E-state index >= 15 is 0 Å². The molecule has 1 heterocycles. The minimum atomic E-state index is -0.110. The first-order chi connectivity index (χ1) is 8.67. The van der Waals surface area contributed by atoms with Gasteiger partial charge in [-0.2, -0.15) is 11.8 Å². The molecule has 1 unspecified atom stereocenters. The maximum absolute atomic E-state index is 11.9. The highest BCUT2D eigenvalue weighted by atomic mass is 32.2. The predicted octanol–water partition coefficient (Wildman–Crippen LogP) is 2.38. The van der Waals surface area contributed by atoms with Crippen LogP contribution in [0.2, 0.25) is 0 Å². The van der Waals surface area contributed by atoms with Crippen molar-refractivity contribution in [2.75, 3.05) is 23.9 Å². The third-order valence-corrected chi connectivity index (χ3v) is 3.49. The Bertz CT molecular complexity index is 384. The first-order valence-electron chi connectivity index (χ1n) is 6.19. The molecular weight excluding hydrogens is 246 g/mol. The van der Waals surface area contributed by atoms with Gasteiger partial charge >= 0.3 is 0 Å². The van der Waals surface area contributed by atoms with Crippen LogP contribution in [0.4, 0.5) is 5.69 Å². The molecule has 2 N–H and O–H groups in total. The molecule has 1 amide bonds. The molecule has 1 aromatic rings. The summed E-state index contributed by atoms with van der Waals surface area (Å²) in [5.41, 5.74) is 1.35. The van der Waals surface area contributed by atoms with E-state index in [-0.39, 0.29) is 11.9 Å². The predicted molar refractivity (Wildman–Crippen MR) is 78.3 cm³/mol. The lowest BCUT2D eigenvalue weighted by molar-refractivity contribution is 0.0934. The Morgan fingerprint density at radius 1 is 1.56 bits per heavy atom. The van der Waals surface area contributed by atoms with E-state index in [0.717, 1.165) is 23.6 Å². The van der Waals surface area contributed by atoms with E-state index < -0.39 is 0 Å². The summed E-state index contributed by atoms with van der Waals surface area (Å²) in [5, 5.41) is 5.96. The van der Waals surface area contributed by atoms with E-state index in [1.807, 2.05) is 31.8 Å². The number of amides is 1. The molecule has 0 bridgehead atoms. The summed E-state index contributed by atoms with van der Waals surface area (Å²) in [6, 6.07) is 3.76. The Labute approximate surface area is 113 Å². The second kappa shape index (κ2) is 7.97. The smallest absolute Gasteiger partial charge is 0.270 e. The zero-order valence-corrected chi connectivity index (χ0v) is 12.0. The molecule has 0 saturated heterocycles. The Morgan fingerprint density at radius 2 is 2.33 bits per heavy atom. The van der Waals surface area contributed by atoms with Crippen molar-refractivity contribution in [3.05, 3.63) is 24.0 Å². The molecule has 0 saturated carbocycles. The highest BCUT2D eigenvalue weighted by Crippen LogP contribution is 2.08. The number of rotatable bonds is 7. The molecule has 0 aliphatic heterocycles. The van der Waals surface area contributed by atoms with Gasteiger partial charge in [0, 0.05) is 25.0 Å². The molecule has 5 heteroatoms. The van der Waals surface area contributed by atoms with Gasteiger partial charge in [0.25, 0.3) is 5.91 Å². The van der Waals surface area contributed by atoms with E-state index in [4.69, 9.17) is 0 Å². The molecule has 0 aliphatic carbocycles. The van der Waals surface area contributed by atoms with Crippen LogP contribution in [0.25, 0.3) is 0 Å². The number of nitrogens with zero attached hydrogens (tertiary/aromatic N) is 1. The lowest BCUT2D eigenvalue weighted by atomic mass is 10.2. The average molecular weight is 267 g/mol. The lowest BCUT2D eigenvalue weighted by Gasteiger charge is -2.13. The molecule has 1 aromatic heterocycles. The monoisotopic (exact) mass is 267 g/mol. The average Bonchev–Trinajstić information content (AvgIpc) is 2.39.